The van der Waals surface area contributed by atoms with Gasteiger partial charge in [0.05, 0.1) is 19.1 Å². The normalized spacial score (nSPS) is 16.4. The van der Waals surface area contributed by atoms with Crippen molar-refractivity contribution in [3.8, 4) is 11.6 Å². The Morgan fingerprint density at radius 2 is 2.10 bits per heavy atom. The highest BCUT2D eigenvalue weighted by molar-refractivity contribution is 5.97. The number of nitrogens with one attached hydrogen (secondary N) is 1. The van der Waals surface area contributed by atoms with Crippen molar-refractivity contribution in [2.24, 2.45) is 4.99 Å². The first kappa shape index (κ1) is 18.4. The number of imidazole rings is 1. The topological polar surface area (TPSA) is 86.7 Å². The lowest BCUT2D eigenvalue weighted by atomic mass is 10.1. The highest BCUT2D eigenvalue weighted by atomic mass is 16.6. The summed E-state index contributed by atoms with van der Waals surface area (Å²) in [5.74, 6) is 1.75. The first-order valence-corrected chi connectivity index (χ1v) is 9.63. The molecule has 1 N–H and O–H groups in total. The number of fused-ring (bicyclic) bond motifs is 1. The van der Waals surface area contributed by atoms with Crippen LogP contribution in [0, 0.1) is 13.8 Å². The summed E-state index contributed by atoms with van der Waals surface area (Å²) in [6, 6.07) is 11.6. The minimum Gasteiger partial charge on any atom is -0.479 e. The number of pyridine rings is 1. The van der Waals surface area contributed by atoms with Crippen LogP contribution >= 0.6 is 0 Å². The SMILES string of the molecule is COc1nc(C2=NC(c3cc4c(C)cccc4o3)CON2)ccc1-n1cnc(C)c1. The van der Waals surface area contributed by atoms with Gasteiger partial charge in [-0.3, -0.25) is 9.83 Å². The van der Waals surface area contributed by atoms with Crippen molar-refractivity contribution < 1.29 is 14.0 Å². The summed E-state index contributed by atoms with van der Waals surface area (Å²) in [5, 5.41) is 1.09. The number of nitrogens with zero attached hydrogens (tertiary/aromatic N) is 4. The lowest BCUT2D eigenvalue weighted by Gasteiger charge is -2.20. The monoisotopic (exact) mass is 403 g/mol. The molecule has 0 fully saturated rings. The number of aromatic nitrogens is 3. The van der Waals surface area contributed by atoms with E-state index in [1.165, 1.54) is 5.56 Å². The van der Waals surface area contributed by atoms with E-state index in [-0.39, 0.29) is 6.04 Å². The summed E-state index contributed by atoms with van der Waals surface area (Å²) in [6.45, 7) is 4.36. The quantitative estimate of drug-likeness (QED) is 0.560. The predicted octanol–water partition coefficient (Wildman–Crippen LogP) is 3.66. The Balaban J connectivity index is 1.50. The molecule has 3 aromatic heterocycles. The second kappa shape index (κ2) is 7.31. The summed E-state index contributed by atoms with van der Waals surface area (Å²) in [5.41, 5.74) is 7.20. The molecular formula is C22H21N5O3. The zero-order valence-electron chi connectivity index (χ0n) is 16.9. The maximum Gasteiger partial charge on any atom is 0.238 e. The van der Waals surface area contributed by atoms with Crippen LogP contribution in [0.25, 0.3) is 16.7 Å². The van der Waals surface area contributed by atoms with Gasteiger partial charge in [0.15, 0.2) is 5.84 Å². The number of benzene rings is 1. The van der Waals surface area contributed by atoms with Crippen LogP contribution in [-0.2, 0) is 4.84 Å². The Hall–Kier alpha value is -3.65. The molecule has 4 aromatic rings. The fourth-order valence-corrected chi connectivity index (χ4v) is 3.53. The number of hydroxylamine groups is 1. The third-order valence-electron chi connectivity index (χ3n) is 5.09. The van der Waals surface area contributed by atoms with Gasteiger partial charge in [-0.15, -0.1) is 0 Å². The van der Waals surface area contributed by atoms with E-state index in [1.807, 2.05) is 48.0 Å². The van der Waals surface area contributed by atoms with Crippen molar-refractivity contribution in [1.82, 2.24) is 20.0 Å². The number of methoxy groups -OCH3 is 1. The van der Waals surface area contributed by atoms with Crippen LogP contribution in [0.15, 0.2) is 58.3 Å². The van der Waals surface area contributed by atoms with Crippen molar-refractivity contribution in [3.63, 3.8) is 0 Å². The van der Waals surface area contributed by atoms with Crippen LogP contribution in [0.4, 0.5) is 0 Å². The van der Waals surface area contributed by atoms with Crippen LogP contribution in [0.1, 0.15) is 28.8 Å². The van der Waals surface area contributed by atoms with E-state index in [0.717, 1.165) is 28.1 Å². The van der Waals surface area contributed by atoms with Gasteiger partial charge in [0, 0.05) is 11.6 Å². The molecule has 0 saturated carbocycles. The summed E-state index contributed by atoms with van der Waals surface area (Å²) < 4.78 is 13.4. The molecule has 1 aliphatic rings. The molecule has 0 radical (unpaired) electrons. The number of hydrogen-bond acceptors (Lipinski definition) is 7. The Labute approximate surface area is 173 Å². The standard InChI is InChI=1S/C22H21N5O3/c1-13-5-4-6-19-15(13)9-20(30-19)17-11-29-26-21(24-17)16-7-8-18(22(25-16)28-3)27-10-14(2)23-12-27/h4-10,12,17H,11H2,1-3H3,(H,24,26). The minimum absolute atomic E-state index is 0.267. The third kappa shape index (κ3) is 3.21. The molecule has 0 amide bonds. The zero-order chi connectivity index (χ0) is 20.7. The minimum atomic E-state index is -0.267. The van der Waals surface area contributed by atoms with Crippen molar-refractivity contribution in [3.05, 3.63) is 71.6 Å². The highest BCUT2D eigenvalue weighted by Crippen LogP contribution is 2.30. The summed E-state index contributed by atoms with van der Waals surface area (Å²) in [7, 11) is 1.59. The van der Waals surface area contributed by atoms with E-state index in [0.29, 0.717) is 24.0 Å². The van der Waals surface area contributed by atoms with Gasteiger partial charge in [-0.05, 0) is 43.7 Å². The molecule has 0 saturated heterocycles. The molecular weight excluding hydrogens is 382 g/mol. The molecule has 1 aliphatic heterocycles. The molecule has 0 aliphatic carbocycles. The van der Waals surface area contributed by atoms with E-state index in [9.17, 15) is 0 Å². The van der Waals surface area contributed by atoms with Crippen molar-refractivity contribution in [1.29, 1.82) is 0 Å². The first-order valence-electron chi connectivity index (χ1n) is 9.63. The molecule has 30 heavy (non-hydrogen) atoms. The van der Waals surface area contributed by atoms with Crippen molar-refractivity contribution >= 4 is 16.8 Å². The number of rotatable bonds is 4. The number of amidine groups is 1. The van der Waals surface area contributed by atoms with Gasteiger partial charge in [-0.1, -0.05) is 12.1 Å². The molecule has 4 heterocycles. The third-order valence-corrected chi connectivity index (χ3v) is 5.09. The Morgan fingerprint density at radius 1 is 1.20 bits per heavy atom. The molecule has 152 valence electrons. The lowest BCUT2D eigenvalue weighted by molar-refractivity contribution is 0.0581. The summed E-state index contributed by atoms with van der Waals surface area (Å²) >= 11 is 0. The largest absolute Gasteiger partial charge is 0.479 e. The maximum atomic E-state index is 6.03. The van der Waals surface area contributed by atoms with E-state index in [1.54, 1.807) is 13.4 Å². The van der Waals surface area contributed by atoms with E-state index in [4.69, 9.17) is 19.0 Å². The Bertz CT molecular complexity index is 1260. The van der Waals surface area contributed by atoms with Crippen LogP contribution in [0.5, 0.6) is 5.88 Å². The fraction of sp³-hybridized carbons (Fsp3) is 0.227. The number of hydrogen-bond donors (Lipinski definition) is 1. The van der Waals surface area contributed by atoms with Gasteiger partial charge < -0.3 is 13.7 Å². The summed E-state index contributed by atoms with van der Waals surface area (Å²) in [6.07, 6.45) is 3.64. The van der Waals surface area contributed by atoms with Crippen LogP contribution < -0.4 is 10.2 Å². The van der Waals surface area contributed by atoms with Gasteiger partial charge >= 0.3 is 0 Å². The number of ether oxygens (including phenoxy) is 1. The Morgan fingerprint density at radius 3 is 2.87 bits per heavy atom. The van der Waals surface area contributed by atoms with Crippen LogP contribution in [0.3, 0.4) is 0 Å². The molecule has 8 nitrogen and oxygen atoms in total. The second-order valence-electron chi connectivity index (χ2n) is 7.19. The molecule has 0 spiro atoms. The predicted molar refractivity (Wildman–Crippen MR) is 112 cm³/mol. The molecule has 1 aromatic carbocycles. The van der Waals surface area contributed by atoms with Gasteiger partial charge in [-0.2, -0.15) is 0 Å². The maximum absolute atomic E-state index is 6.03. The van der Waals surface area contributed by atoms with E-state index < -0.39 is 0 Å². The smallest absolute Gasteiger partial charge is 0.238 e. The molecule has 0 bridgehead atoms. The second-order valence-corrected chi connectivity index (χ2v) is 7.19. The molecule has 1 unspecified atom stereocenters. The van der Waals surface area contributed by atoms with Crippen LogP contribution in [0.2, 0.25) is 0 Å². The van der Waals surface area contributed by atoms with Crippen LogP contribution in [-0.4, -0.2) is 34.1 Å². The number of aliphatic imine (C=N–C) groups is 1. The molecule has 5 rings (SSSR count). The number of aryl methyl sites for hydroxylation is 2. The average Bonchev–Trinajstić information content (AvgIpc) is 3.40. The van der Waals surface area contributed by atoms with Gasteiger partial charge in [0.25, 0.3) is 0 Å². The Kier molecular flexibility index (Phi) is 4.48. The van der Waals surface area contributed by atoms with Gasteiger partial charge in [0.1, 0.15) is 35.4 Å². The van der Waals surface area contributed by atoms with E-state index in [2.05, 4.69) is 28.4 Å². The highest BCUT2D eigenvalue weighted by Gasteiger charge is 2.23. The fourth-order valence-electron chi connectivity index (χ4n) is 3.53. The number of furan rings is 1. The van der Waals surface area contributed by atoms with E-state index >= 15 is 0 Å². The molecule has 1 atom stereocenters. The van der Waals surface area contributed by atoms with Crippen molar-refractivity contribution in [2.75, 3.05) is 13.7 Å². The molecule has 8 heteroatoms. The van der Waals surface area contributed by atoms with Crippen molar-refractivity contribution in [2.45, 2.75) is 19.9 Å². The van der Waals surface area contributed by atoms with Gasteiger partial charge in [0.2, 0.25) is 5.88 Å². The lowest BCUT2D eigenvalue weighted by Crippen LogP contribution is -2.33. The van der Waals surface area contributed by atoms with Gasteiger partial charge in [-0.25, -0.2) is 15.4 Å². The summed E-state index contributed by atoms with van der Waals surface area (Å²) in [4.78, 5) is 19.2. The zero-order valence-corrected chi connectivity index (χ0v) is 16.9. The average molecular weight is 403 g/mol. The first-order chi connectivity index (χ1) is 14.6.